The van der Waals surface area contributed by atoms with E-state index in [9.17, 15) is 4.79 Å². The minimum atomic E-state index is 0.0542. The number of benzene rings is 2. The fourth-order valence-electron chi connectivity index (χ4n) is 2.15. The summed E-state index contributed by atoms with van der Waals surface area (Å²) in [6.45, 7) is 4.99. The van der Waals surface area contributed by atoms with Crippen LogP contribution < -0.4 is 0 Å². The fourth-order valence-corrected chi connectivity index (χ4v) is 2.15. The van der Waals surface area contributed by atoms with Crippen LogP contribution in [0.25, 0.3) is 0 Å². The molecule has 2 rings (SSSR count). The van der Waals surface area contributed by atoms with Gasteiger partial charge in [0, 0.05) is 19.2 Å². The van der Waals surface area contributed by atoms with E-state index in [0.29, 0.717) is 12.5 Å². The van der Waals surface area contributed by atoms with E-state index in [2.05, 4.69) is 38.1 Å². The molecule has 0 unspecified atom stereocenters. The van der Waals surface area contributed by atoms with Crippen LogP contribution >= 0.6 is 0 Å². The zero-order valence-electron chi connectivity index (χ0n) is 12.3. The molecule has 0 radical (unpaired) electrons. The van der Waals surface area contributed by atoms with Gasteiger partial charge in [-0.05, 0) is 29.2 Å². The third-order valence-corrected chi connectivity index (χ3v) is 3.43. The summed E-state index contributed by atoms with van der Waals surface area (Å²) in [5, 5.41) is 0. The van der Waals surface area contributed by atoms with E-state index in [4.69, 9.17) is 0 Å². The van der Waals surface area contributed by atoms with Crippen LogP contribution in [0.4, 0.5) is 0 Å². The molecule has 0 bridgehead atoms. The summed E-state index contributed by atoms with van der Waals surface area (Å²) in [4.78, 5) is 14.0. The lowest BCUT2D eigenvalue weighted by molar-refractivity contribution is 0.0785. The molecule has 1 amide bonds. The minimum Gasteiger partial charge on any atom is -0.337 e. The number of hydrogen-bond donors (Lipinski definition) is 0. The summed E-state index contributed by atoms with van der Waals surface area (Å²) < 4.78 is 0. The van der Waals surface area contributed by atoms with Crippen molar-refractivity contribution >= 4 is 5.91 Å². The van der Waals surface area contributed by atoms with Crippen molar-refractivity contribution in [2.24, 2.45) is 0 Å². The van der Waals surface area contributed by atoms with Crippen molar-refractivity contribution in [1.82, 2.24) is 4.90 Å². The van der Waals surface area contributed by atoms with E-state index >= 15 is 0 Å². The van der Waals surface area contributed by atoms with Crippen LogP contribution in [-0.2, 0) is 6.54 Å². The summed E-state index contributed by atoms with van der Waals surface area (Å²) in [7, 11) is 1.84. The Morgan fingerprint density at radius 1 is 1.00 bits per heavy atom. The van der Waals surface area contributed by atoms with Crippen molar-refractivity contribution in [3.05, 3.63) is 71.3 Å². The molecule has 20 heavy (non-hydrogen) atoms. The predicted molar refractivity (Wildman–Crippen MR) is 82.8 cm³/mol. The molecule has 0 saturated carbocycles. The van der Waals surface area contributed by atoms with E-state index < -0.39 is 0 Å². The van der Waals surface area contributed by atoms with E-state index in [1.807, 2.05) is 37.4 Å². The number of rotatable bonds is 4. The highest BCUT2D eigenvalue weighted by Crippen LogP contribution is 2.16. The molecule has 0 atom stereocenters. The highest BCUT2D eigenvalue weighted by molar-refractivity contribution is 5.93. The van der Waals surface area contributed by atoms with Gasteiger partial charge in [0.1, 0.15) is 0 Å². The van der Waals surface area contributed by atoms with Gasteiger partial charge in [0.2, 0.25) is 0 Å². The summed E-state index contributed by atoms with van der Waals surface area (Å²) >= 11 is 0. The molecule has 0 spiro atoms. The lowest BCUT2D eigenvalue weighted by Gasteiger charge is -2.18. The molecule has 2 aromatic carbocycles. The van der Waals surface area contributed by atoms with Crippen LogP contribution in [0.5, 0.6) is 0 Å². The molecule has 0 heterocycles. The second-order valence-electron chi connectivity index (χ2n) is 5.42. The van der Waals surface area contributed by atoms with Gasteiger partial charge in [-0.15, -0.1) is 0 Å². The summed E-state index contributed by atoms with van der Waals surface area (Å²) in [5.41, 5.74) is 3.21. The fraction of sp³-hybridized carbons (Fsp3) is 0.278. The van der Waals surface area contributed by atoms with Crippen LogP contribution in [0, 0.1) is 0 Å². The normalized spacial score (nSPS) is 10.6. The van der Waals surface area contributed by atoms with Gasteiger partial charge in [0.05, 0.1) is 0 Å². The Bertz CT molecular complexity index is 558. The summed E-state index contributed by atoms with van der Waals surface area (Å²) in [6, 6.07) is 17.9. The number of amides is 1. The topological polar surface area (TPSA) is 20.3 Å². The molecule has 0 aliphatic carbocycles. The molecule has 2 nitrogen and oxygen atoms in total. The Labute approximate surface area is 121 Å². The molecular formula is C18H21NO. The van der Waals surface area contributed by atoms with Crippen molar-refractivity contribution in [3.63, 3.8) is 0 Å². The Hall–Kier alpha value is -2.09. The van der Waals surface area contributed by atoms with E-state index in [1.54, 1.807) is 4.90 Å². The number of hydrogen-bond acceptors (Lipinski definition) is 1. The van der Waals surface area contributed by atoms with Crippen LogP contribution in [0.15, 0.2) is 54.6 Å². The smallest absolute Gasteiger partial charge is 0.253 e. The van der Waals surface area contributed by atoms with Gasteiger partial charge in [-0.2, -0.15) is 0 Å². The van der Waals surface area contributed by atoms with Crippen molar-refractivity contribution in [1.29, 1.82) is 0 Å². The van der Waals surface area contributed by atoms with Crippen LogP contribution in [-0.4, -0.2) is 17.9 Å². The second-order valence-corrected chi connectivity index (χ2v) is 5.42. The third kappa shape index (κ3) is 3.47. The van der Waals surface area contributed by atoms with Gasteiger partial charge < -0.3 is 4.90 Å². The van der Waals surface area contributed by atoms with Crippen LogP contribution in [0.3, 0.4) is 0 Å². The summed E-state index contributed by atoms with van der Waals surface area (Å²) in [5.74, 6) is 0.589. The summed E-state index contributed by atoms with van der Waals surface area (Å²) in [6.07, 6.45) is 0. The van der Waals surface area contributed by atoms with Crippen LogP contribution in [0.1, 0.15) is 41.3 Å². The number of carbonyl (C=O) groups excluding carboxylic acids is 1. The standard InChI is InChI=1S/C18H21NO/c1-14(2)16-11-9-15(10-12-16)13-19(3)18(20)17-7-5-4-6-8-17/h4-12,14H,13H2,1-3H3. The average molecular weight is 267 g/mol. The van der Waals surface area contributed by atoms with E-state index in [-0.39, 0.29) is 5.91 Å². The molecule has 104 valence electrons. The molecule has 2 heteroatoms. The van der Waals surface area contributed by atoms with Gasteiger partial charge in [-0.3, -0.25) is 4.79 Å². The van der Waals surface area contributed by atoms with Gasteiger partial charge >= 0.3 is 0 Å². The van der Waals surface area contributed by atoms with Gasteiger partial charge in [-0.1, -0.05) is 56.3 Å². The highest BCUT2D eigenvalue weighted by Gasteiger charge is 2.11. The molecule has 0 aromatic heterocycles. The van der Waals surface area contributed by atoms with Crippen molar-refractivity contribution in [3.8, 4) is 0 Å². The number of carbonyl (C=O) groups is 1. The molecule has 0 N–H and O–H groups in total. The second kappa shape index (κ2) is 6.38. The lowest BCUT2D eigenvalue weighted by Crippen LogP contribution is -2.26. The third-order valence-electron chi connectivity index (χ3n) is 3.43. The molecule has 0 fully saturated rings. The zero-order chi connectivity index (χ0) is 14.5. The molecule has 2 aromatic rings. The monoisotopic (exact) mass is 267 g/mol. The molecular weight excluding hydrogens is 246 g/mol. The first kappa shape index (κ1) is 14.3. The predicted octanol–water partition coefficient (Wildman–Crippen LogP) is 4.08. The largest absolute Gasteiger partial charge is 0.337 e. The first-order chi connectivity index (χ1) is 9.58. The molecule has 0 saturated heterocycles. The average Bonchev–Trinajstić information content (AvgIpc) is 2.48. The van der Waals surface area contributed by atoms with E-state index in [0.717, 1.165) is 11.1 Å². The SMILES string of the molecule is CC(C)c1ccc(CN(C)C(=O)c2ccccc2)cc1. The number of nitrogens with zero attached hydrogens (tertiary/aromatic N) is 1. The first-order valence-electron chi connectivity index (χ1n) is 6.97. The van der Waals surface area contributed by atoms with E-state index in [1.165, 1.54) is 5.56 Å². The van der Waals surface area contributed by atoms with Crippen LogP contribution in [0.2, 0.25) is 0 Å². The molecule has 0 aliphatic rings. The first-order valence-corrected chi connectivity index (χ1v) is 6.97. The Morgan fingerprint density at radius 3 is 2.15 bits per heavy atom. The van der Waals surface area contributed by atoms with Crippen molar-refractivity contribution in [2.45, 2.75) is 26.3 Å². The molecule has 0 aliphatic heterocycles. The maximum absolute atomic E-state index is 12.3. The van der Waals surface area contributed by atoms with Gasteiger partial charge in [0.15, 0.2) is 0 Å². The maximum Gasteiger partial charge on any atom is 0.253 e. The maximum atomic E-state index is 12.3. The zero-order valence-corrected chi connectivity index (χ0v) is 12.3. The Kier molecular flexibility index (Phi) is 4.57. The van der Waals surface area contributed by atoms with Gasteiger partial charge in [0.25, 0.3) is 5.91 Å². The minimum absolute atomic E-state index is 0.0542. The van der Waals surface area contributed by atoms with Crippen molar-refractivity contribution < 1.29 is 4.79 Å². The van der Waals surface area contributed by atoms with Crippen molar-refractivity contribution in [2.75, 3.05) is 7.05 Å². The Morgan fingerprint density at radius 2 is 1.60 bits per heavy atom. The Balaban J connectivity index is 2.04. The highest BCUT2D eigenvalue weighted by atomic mass is 16.2. The quantitative estimate of drug-likeness (QED) is 0.817. The lowest BCUT2D eigenvalue weighted by atomic mass is 10.0. The van der Waals surface area contributed by atoms with Gasteiger partial charge in [-0.25, -0.2) is 0 Å².